The molecule has 0 unspecified atom stereocenters. The van der Waals surface area contributed by atoms with E-state index in [1.54, 1.807) is 24.3 Å². The molecule has 27 heavy (non-hydrogen) atoms. The number of fused-ring (bicyclic) bond motifs is 1. The molecule has 2 aromatic carbocycles. The molecule has 0 bridgehead atoms. The number of aryl methyl sites for hydroxylation is 1. The van der Waals surface area contributed by atoms with E-state index in [1.807, 2.05) is 37.3 Å². The van der Waals surface area contributed by atoms with Crippen molar-refractivity contribution in [2.45, 2.75) is 13.3 Å². The van der Waals surface area contributed by atoms with Gasteiger partial charge in [-0.05, 0) is 42.3 Å². The zero-order valence-electron chi connectivity index (χ0n) is 14.5. The summed E-state index contributed by atoms with van der Waals surface area (Å²) in [6.45, 7) is 2.00. The average Bonchev–Trinajstić information content (AvgIpc) is 3.16. The number of para-hydroxylation sites is 1. The maximum atomic E-state index is 11.7. The van der Waals surface area contributed by atoms with E-state index in [2.05, 4.69) is 4.98 Å². The van der Waals surface area contributed by atoms with Crippen LogP contribution in [-0.2, 0) is 6.42 Å². The third kappa shape index (κ3) is 3.09. The molecule has 0 saturated carbocycles. The molecule has 0 saturated heterocycles. The monoisotopic (exact) mass is 376 g/mol. The first-order valence-corrected chi connectivity index (χ1v) is 8.95. The first kappa shape index (κ1) is 17.3. The Hall–Kier alpha value is -3.11. The molecule has 2 heterocycles. The van der Waals surface area contributed by atoms with Crippen molar-refractivity contribution in [2.75, 3.05) is 0 Å². The van der Waals surface area contributed by atoms with E-state index in [4.69, 9.17) is 16.0 Å². The molecular formula is C22H15ClNO3-. The Morgan fingerprint density at radius 3 is 2.59 bits per heavy atom. The van der Waals surface area contributed by atoms with Gasteiger partial charge in [0.1, 0.15) is 11.5 Å². The third-order valence-corrected chi connectivity index (χ3v) is 4.85. The van der Waals surface area contributed by atoms with Gasteiger partial charge in [0.25, 0.3) is 0 Å². The van der Waals surface area contributed by atoms with Crippen LogP contribution < -0.4 is 5.11 Å². The van der Waals surface area contributed by atoms with E-state index in [0.29, 0.717) is 33.1 Å². The van der Waals surface area contributed by atoms with Gasteiger partial charge in [-0.2, -0.15) is 0 Å². The summed E-state index contributed by atoms with van der Waals surface area (Å²) in [4.78, 5) is 16.4. The van der Waals surface area contributed by atoms with Gasteiger partial charge in [0.15, 0.2) is 5.76 Å². The fourth-order valence-corrected chi connectivity index (χ4v) is 3.40. The van der Waals surface area contributed by atoms with Crippen LogP contribution in [0.3, 0.4) is 0 Å². The van der Waals surface area contributed by atoms with E-state index in [0.717, 1.165) is 17.5 Å². The molecular weight excluding hydrogens is 362 g/mol. The second-order valence-corrected chi connectivity index (χ2v) is 6.56. The summed E-state index contributed by atoms with van der Waals surface area (Å²) in [5, 5.41) is 12.8. The molecule has 0 amide bonds. The lowest BCUT2D eigenvalue weighted by Gasteiger charge is -2.12. The summed E-state index contributed by atoms with van der Waals surface area (Å²) in [7, 11) is 0. The molecule has 2 aromatic heterocycles. The molecule has 0 aliphatic carbocycles. The van der Waals surface area contributed by atoms with E-state index in [-0.39, 0.29) is 5.56 Å². The van der Waals surface area contributed by atoms with Gasteiger partial charge >= 0.3 is 0 Å². The minimum Gasteiger partial charge on any atom is -0.545 e. The Morgan fingerprint density at radius 1 is 1.07 bits per heavy atom. The molecule has 0 N–H and O–H groups in total. The molecule has 0 spiro atoms. The van der Waals surface area contributed by atoms with Gasteiger partial charge < -0.3 is 14.3 Å². The van der Waals surface area contributed by atoms with Crippen LogP contribution in [0.1, 0.15) is 22.8 Å². The fourth-order valence-electron chi connectivity index (χ4n) is 3.17. The van der Waals surface area contributed by atoms with Crippen LogP contribution in [0.5, 0.6) is 0 Å². The number of pyridine rings is 1. The van der Waals surface area contributed by atoms with Gasteiger partial charge in [-0.1, -0.05) is 48.9 Å². The van der Waals surface area contributed by atoms with Crippen molar-refractivity contribution in [1.29, 1.82) is 0 Å². The highest BCUT2D eigenvalue weighted by Crippen LogP contribution is 2.33. The molecule has 4 nitrogen and oxygen atoms in total. The summed E-state index contributed by atoms with van der Waals surface area (Å²) in [6, 6.07) is 17.9. The van der Waals surface area contributed by atoms with Crippen molar-refractivity contribution < 1.29 is 14.3 Å². The molecule has 0 aliphatic heterocycles. The van der Waals surface area contributed by atoms with Gasteiger partial charge in [-0.15, -0.1) is 0 Å². The van der Waals surface area contributed by atoms with E-state index >= 15 is 0 Å². The number of aromatic carboxylic acids is 1. The number of aromatic nitrogens is 1. The van der Waals surface area contributed by atoms with E-state index < -0.39 is 5.97 Å². The first-order valence-electron chi connectivity index (χ1n) is 8.57. The van der Waals surface area contributed by atoms with Crippen molar-refractivity contribution in [3.05, 3.63) is 76.8 Å². The number of carboxylic acids is 1. The number of halogens is 1. The summed E-state index contributed by atoms with van der Waals surface area (Å²) in [5.74, 6) is -0.175. The molecule has 5 heteroatoms. The van der Waals surface area contributed by atoms with Gasteiger partial charge in [0.05, 0.1) is 16.5 Å². The zero-order chi connectivity index (χ0) is 19.0. The highest BCUT2D eigenvalue weighted by atomic mass is 35.5. The zero-order valence-corrected chi connectivity index (χ0v) is 15.3. The lowest BCUT2D eigenvalue weighted by atomic mass is 10.0. The number of carbonyl (C=O) groups is 1. The summed E-state index contributed by atoms with van der Waals surface area (Å²) in [5.41, 5.74) is 2.92. The number of carbonyl (C=O) groups excluding carboxylic acids is 1. The molecule has 0 radical (unpaired) electrons. The second-order valence-electron chi connectivity index (χ2n) is 6.15. The first-order chi connectivity index (χ1) is 13.1. The summed E-state index contributed by atoms with van der Waals surface area (Å²) >= 11 is 6.24. The summed E-state index contributed by atoms with van der Waals surface area (Å²) < 4.78 is 5.93. The minimum absolute atomic E-state index is 0.0981. The van der Waals surface area contributed by atoms with Gasteiger partial charge in [-0.3, -0.25) is 0 Å². The van der Waals surface area contributed by atoms with Gasteiger partial charge in [0.2, 0.25) is 0 Å². The minimum atomic E-state index is -1.24. The summed E-state index contributed by atoms with van der Waals surface area (Å²) in [6.07, 6.45) is 0.739. The normalized spacial score (nSPS) is 11.0. The second kappa shape index (κ2) is 6.89. The Kier molecular flexibility index (Phi) is 4.42. The predicted molar refractivity (Wildman–Crippen MR) is 104 cm³/mol. The van der Waals surface area contributed by atoms with Crippen LogP contribution in [0.25, 0.3) is 33.7 Å². The highest BCUT2D eigenvalue weighted by Gasteiger charge is 2.14. The van der Waals surface area contributed by atoms with Crippen molar-refractivity contribution in [2.24, 2.45) is 0 Å². The molecule has 0 atom stereocenters. The van der Waals surface area contributed by atoms with E-state index in [9.17, 15) is 9.90 Å². The lowest BCUT2D eigenvalue weighted by molar-refractivity contribution is -0.254. The number of furan rings is 1. The third-order valence-electron chi connectivity index (χ3n) is 4.52. The standard InChI is InChI=1S/C22H16ClNO3/c1-2-13-6-5-8-14-16(22(25)26)12-18(24-21(13)14)20-11-10-19(27-20)15-7-3-4-9-17(15)23/h3-12H,2H2,1H3,(H,25,26)/p-1. The Morgan fingerprint density at radius 2 is 1.85 bits per heavy atom. The van der Waals surface area contributed by atoms with Crippen LogP contribution in [0.4, 0.5) is 0 Å². The average molecular weight is 377 g/mol. The Bertz CT molecular complexity index is 1160. The van der Waals surface area contributed by atoms with Crippen LogP contribution in [0, 0.1) is 0 Å². The maximum Gasteiger partial charge on any atom is 0.153 e. The Labute approximate surface area is 161 Å². The number of nitrogens with zero attached hydrogens (tertiary/aromatic N) is 1. The molecule has 4 rings (SSSR count). The van der Waals surface area contributed by atoms with Crippen LogP contribution in [0.15, 0.2) is 65.1 Å². The van der Waals surface area contributed by atoms with Crippen LogP contribution in [0.2, 0.25) is 5.02 Å². The van der Waals surface area contributed by atoms with Crippen molar-refractivity contribution in [1.82, 2.24) is 4.98 Å². The van der Waals surface area contributed by atoms with E-state index in [1.165, 1.54) is 6.07 Å². The number of benzene rings is 2. The molecule has 0 fully saturated rings. The van der Waals surface area contributed by atoms with Crippen LogP contribution >= 0.6 is 11.6 Å². The molecule has 134 valence electrons. The van der Waals surface area contributed by atoms with Gasteiger partial charge in [0, 0.05) is 16.5 Å². The largest absolute Gasteiger partial charge is 0.545 e. The molecule has 4 aromatic rings. The van der Waals surface area contributed by atoms with Crippen molar-refractivity contribution in [3.8, 4) is 22.8 Å². The predicted octanol–water partition coefficient (Wildman–Crippen LogP) is 4.74. The van der Waals surface area contributed by atoms with Crippen molar-refractivity contribution >= 4 is 28.5 Å². The number of carboxylic acid groups (broad SMARTS) is 1. The van der Waals surface area contributed by atoms with Gasteiger partial charge in [-0.25, -0.2) is 4.98 Å². The lowest BCUT2D eigenvalue weighted by Crippen LogP contribution is -2.22. The fraction of sp³-hybridized carbons (Fsp3) is 0.0909. The number of hydrogen-bond donors (Lipinski definition) is 0. The van der Waals surface area contributed by atoms with Crippen molar-refractivity contribution in [3.63, 3.8) is 0 Å². The topological polar surface area (TPSA) is 66.2 Å². The maximum absolute atomic E-state index is 11.7. The highest BCUT2D eigenvalue weighted by molar-refractivity contribution is 6.33. The number of rotatable bonds is 4. The smallest absolute Gasteiger partial charge is 0.153 e. The van der Waals surface area contributed by atoms with Crippen LogP contribution in [-0.4, -0.2) is 11.0 Å². The Balaban J connectivity index is 1.90. The SMILES string of the molecule is CCc1cccc2c(C(=O)[O-])cc(-c3ccc(-c4ccccc4Cl)o3)nc12. The molecule has 0 aliphatic rings. The number of hydrogen-bond acceptors (Lipinski definition) is 4. The quantitative estimate of drug-likeness (QED) is 0.516.